The zero-order chi connectivity index (χ0) is 12.1. The van der Waals surface area contributed by atoms with Gasteiger partial charge in [-0.1, -0.05) is 0 Å². The molecule has 0 amide bonds. The van der Waals surface area contributed by atoms with E-state index in [2.05, 4.69) is 9.97 Å². The second-order valence-electron chi connectivity index (χ2n) is 2.71. The lowest BCUT2D eigenvalue weighted by Gasteiger charge is -2.07. The van der Waals surface area contributed by atoms with E-state index in [1.807, 2.05) is 0 Å². The maximum Gasteiger partial charge on any atom is 0.328 e. The van der Waals surface area contributed by atoms with Crippen molar-refractivity contribution >= 4 is 5.97 Å². The second kappa shape index (κ2) is 6.24. The quantitative estimate of drug-likeness (QED) is 0.739. The zero-order valence-electron chi connectivity index (χ0n) is 9.17. The first-order chi connectivity index (χ1) is 7.62. The van der Waals surface area contributed by atoms with E-state index in [4.69, 9.17) is 19.8 Å². The highest BCUT2D eigenvalue weighted by molar-refractivity contribution is 5.78. The first-order valence-electron chi connectivity index (χ1n) is 4.21. The maximum absolute atomic E-state index is 10.7. The van der Waals surface area contributed by atoms with Crippen molar-refractivity contribution in [1.82, 2.24) is 9.97 Å². The van der Waals surface area contributed by atoms with Crippen molar-refractivity contribution in [3.05, 3.63) is 11.9 Å². The molecule has 0 bridgehead atoms. The molecule has 8 heteroatoms. The molecule has 0 aliphatic carbocycles. The van der Waals surface area contributed by atoms with Crippen molar-refractivity contribution in [2.75, 3.05) is 14.2 Å². The largest absolute Gasteiger partial charge is 0.481 e. The Morgan fingerprint density at radius 1 is 1.41 bits per heavy atom. The molecule has 0 radical (unpaired) electrons. The molecule has 0 aliphatic rings. The van der Waals surface area contributed by atoms with Crippen molar-refractivity contribution in [2.45, 2.75) is 5.92 Å². The number of carboxylic acids is 1. The Hall–Kier alpha value is -2.40. The second-order valence-corrected chi connectivity index (χ2v) is 2.71. The molecule has 0 aliphatic heterocycles. The number of aromatic nitrogens is 2. The van der Waals surface area contributed by atoms with Crippen LogP contribution in [0.4, 0.5) is 0 Å². The summed E-state index contributed by atoms with van der Waals surface area (Å²) in [6.07, 6.45) is 0. The van der Waals surface area contributed by atoms with Gasteiger partial charge in [0, 0.05) is 0 Å². The topological polar surface area (TPSA) is 137 Å². The summed E-state index contributed by atoms with van der Waals surface area (Å²) in [7, 11) is 2.74. The monoisotopic (exact) mass is 241 g/mol. The molecule has 0 saturated heterocycles. The van der Waals surface area contributed by atoms with Crippen LogP contribution >= 0.6 is 0 Å². The smallest absolute Gasteiger partial charge is 0.328 e. The summed E-state index contributed by atoms with van der Waals surface area (Å²) in [5, 5.41) is 17.5. The Balaban J connectivity index is 0.00000256. The third kappa shape index (κ3) is 3.29. The number of carboxylic acid groups (broad SMARTS) is 1. The van der Waals surface area contributed by atoms with Gasteiger partial charge in [0.05, 0.1) is 26.4 Å². The fraction of sp³-hybridized carbons (Fsp3) is 0.333. The minimum absolute atomic E-state index is 0. The third-order valence-electron chi connectivity index (χ3n) is 1.75. The SMILES string of the molecule is COc1cc(OC)nc(C(C#N)C(=O)O)n1.O. The highest BCUT2D eigenvalue weighted by Crippen LogP contribution is 2.19. The van der Waals surface area contributed by atoms with Crippen LogP contribution in [-0.2, 0) is 4.79 Å². The van der Waals surface area contributed by atoms with Crippen molar-refractivity contribution in [1.29, 1.82) is 5.26 Å². The number of rotatable bonds is 4. The van der Waals surface area contributed by atoms with Gasteiger partial charge in [-0.3, -0.25) is 4.79 Å². The van der Waals surface area contributed by atoms with Crippen LogP contribution in [0.2, 0.25) is 0 Å². The lowest BCUT2D eigenvalue weighted by molar-refractivity contribution is -0.137. The van der Waals surface area contributed by atoms with E-state index in [1.54, 1.807) is 6.07 Å². The summed E-state index contributed by atoms with van der Waals surface area (Å²) in [5.74, 6) is -2.64. The highest BCUT2D eigenvalue weighted by Gasteiger charge is 2.24. The number of nitrogens with zero attached hydrogens (tertiary/aromatic N) is 3. The average Bonchev–Trinajstić information content (AvgIpc) is 2.29. The average molecular weight is 241 g/mol. The fourth-order valence-electron chi connectivity index (χ4n) is 0.983. The van der Waals surface area contributed by atoms with E-state index in [-0.39, 0.29) is 23.1 Å². The van der Waals surface area contributed by atoms with Crippen molar-refractivity contribution in [2.24, 2.45) is 0 Å². The normalized spacial score (nSPS) is 10.6. The van der Waals surface area contributed by atoms with Crippen LogP contribution in [-0.4, -0.2) is 40.7 Å². The maximum atomic E-state index is 10.7. The van der Waals surface area contributed by atoms with Crippen LogP contribution in [0.25, 0.3) is 0 Å². The molecule has 8 nitrogen and oxygen atoms in total. The minimum Gasteiger partial charge on any atom is -0.481 e. The summed E-state index contributed by atoms with van der Waals surface area (Å²) in [5.41, 5.74) is 0. The summed E-state index contributed by atoms with van der Waals surface area (Å²) < 4.78 is 9.68. The summed E-state index contributed by atoms with van der Waals surface area (Å²) in [6.45, 7) is 0. The van der Waals surface area contributed by atoms with Crippen molar-refractivity contribution < 1.29 is 24.9 Å². The number of ether oxygens (including phenoxy) is 2. The number of nitriles is 1. The molecule has 0 aromatic carbocycles. The molecule has 17 heavy (non-hydrogen) atoms. The van der Waals surface area contributed by atoms with Gasteiger partial charge >= 0.3 is 5.97 Å². The van der Waals surface area contributed by atoms with E-state index >= 15 is 0 Å². The molecule has 1 unspecified atom stereocenters. The van der Waals surface area contributed by atoms with Crippen LogP contribution in [0.5, 0.6) is 11.8 Å². The molecule has 0 fully saturated rings. The lowest BCUT2D eigenvalue weighted by atomic mass is 10.1. The van der Waals surface area contributed by atoms with Crippen molar-refractivity contribution in [3.63, 3.8) is 0 Å². The van der Waals surface area contributed by atoms with Gasteiger partial charge in [0.2, 0.25) is 17.7 Å². The summed E-state index contributed by atoms with van der Waals surface area (Å²) in [6, 6.07) is 2.97. The van der Waals surface area contributed by atoms with Gasteiger partial charge < -0.3 is 20.1 Å². The van der Waals surface area contributed by atoms with E-state index in [1.165, 1.54) is 20.3 Å². The lowest BCUT2D eigenvalue weighted by Crippen LogP contribution is -2.13. The molecule has 1 heterocycles. The van der Waals surface area contributed by atoms with E-state index < -0.39 is 11.9 Å². The summed E-state index contributed by atoms with van der Waals surface area (Å²) >= 11 is 0. The highest BCUT2D eigenvalue weighted by atomic mass is 16.5. The van der Waals surface area contributed by atoms with Gasteiger partial charge in [-0.15, -0.1) is 0 Å². The van der Waals surface area contributed by atoms with Crippen LogP contribution in [0, 0.1) is 11.3 Å². The van der Waals surface area contributed by atoms with Gasteiger partial charge in [-0.25, -0.2) is 0 Å². The van der Waals surface area contributed by atoms with Gasteiger partial charge in [-0.2, -0.15) is 15.2 Å². The molecule has 0 saturated carbocycles. The van der Waals surface area contributed by atoms with Crippen LogP contribution < -0.4 is 9.47 Å². The Labute approximate surface area is 96.8 Å². The Morgan fingerprint density at radius 2 is 1.88 bits per heavy atom. The molecule has 92 valence electrons. The first-order valence-corrected chi connectivity index (χ1v) is 4.21. The number of hydrogen-bond donors (Lipinski definition) is 1. The molecule has 1 aromatic heterocycles. The van der Waals surface area contributed by atoms with Crippen LogP contribution in [0.3, 0.4) is 0 Å². The molecular formula is C9H11N3O5. The predicted molar refractivity (Wildman–Crippen MR) is 54.7 cm³/mol. The van der Waals surface area contributed by atoms with Crippen LogP contribution in [0.15, 0.2) is 6.07 Å². The standard InChI is InChI=1S/C9H9N3O4.H2O/c1-15-6-3-7(16-2)12-8(11-6)5(4-10)9(13)14;/h3,5H,1-2H3,(H,13,14);1H2. The molecular weight excluding hydrogens is 230 g/mol. The van der Waals surface area contributed by atoms with Crippen molar-refractivity contribution in [3.8, 4) is 17.8 Å². The third-order valence-corrected chi connectivity index (χ3v) is 1.75. The predicted octanol–water partition coefficient (Wildman–Crippen LogP) is -0.639. The van der Waals surface area contributed by atoms with Gasteiger partial charge in [-0.05, 0) is 0 Å². The number of methoxy groups -OCH3 is 2. The Morgan fingerprint density at radius 3 is 2.18 bits per heavy atom. The Bertz CT molecular complexity index is 420. The van der Waals surface area contributed by atoms with Crippen LogP contribution in [0.1, 0.15) is 11.7 Å². The number of hydrogen-bond acceptors (Lipinski definition) is 6. The molecule has 3 N–H and O–H groups in total. The number of carbonyl (C=O) groups is 1. The Kier molecular flexibility index (Phi) is 5.36. The fourth-order valence-corrected chi connectivity index (χ4v) is 0.983. The molecule has 1 aromatic rings. The molecule has 1 atom stereocenters. The summed E-state index contributed by atoms with van der Waals surface area (Å²) in [4.78, 5) is 18.3. The van der Waals surface area contributed by atoms with E-state index in [9.17, 15) is 4.79 Å². The van der Waals surface area contributed by atoms with Gasteiger partial charge in [0.1, 0.15) is 0 Å². The molecule has 1 rings (SSSR count). The number of aliphatic carboxylic acids is 1. The van der Waals surface area contributed by atoms with E-state index in [0.29, 0.717) is 0 Å². The van der Waals surface area contributed by atoms with E-state index in [0.717, 1.165) is 0 Å². The zero-order valence-corrected chi connectivity index (χ0v) is 9.17. The molecule has 0 spiro atoms. The van der Waals surface area contributed by atoms with Gasteiger partial charge in [0.15, 0.2) is 5.82 Å². The first kappa shape index (κ1) is 14.6. The minimum atomic E-state index is -1.44. The van der Waals surface area contributed by atoms with Gasteiger partial charge in [0.25, 0.3) is 0 Å².